The monoisotopic (exact) mass is 680 g/mol. The first-order valence-electron chi connectivity index (χ1n) is 18.0. The Bertz CT molecular complexity index is 3100. The fraction of sp³-hybridized carbons (Fsp3) is 0.0625. The number of nitrogens with zero attached hydrogens (tertiary/aromatic N) is 4. The summed E-state index contributed by atoms with van der Waals surface area (Å²) >= 11 is 0. The van der Waals surface area contributed by atoms with E-state index in [0.29, 0.717) is 17.5 Å². The van der Waals surface area contributed by atoms with Crippen LogP contribution in [0.4, 0.5) is 0 Å². The van der Waals surface area contributed by atoms with E-state index < -0.39 is 0 Å². The van der Waals surface area contributed by atoms with E-state index in [-0.39, 0.29) is 5.41 Å². The van der Waals surface area contributed by atoms with Gasteiger partial charge < -0.3 is 8.98 Å². The van der Waals surface area contributed by atoms with Gasteiger partial charge in [0.2, 0.25) is 0 Å². The highest BCUT2D eigenvalue weighted by Gasteiger charge is 2.38. The van der Waals surface area contributed by atoms with E-state index in [4.69, 9.17) is 19.4 Å². The van der Waals surface area contributed by atoms with Crippen LogP contribution in [-0.4, -0.2) is 19.5 Å². The lowest BCUT2D eigenvalue weighted by molar-refractivity contribution is 0.666. The molecule has 0 N–H and O–H groups in total. The molecule has 0 amide bonds. The Morgan fingerprint density at radius 2 is 1.13 bits per heavy atom. The lowest BCUT2D eigenvalue weighted by atomic mass is 9.80. The molecule has 7 aromatic carbocycles. The summed E-state index contributed by atoms with van der Waals surface area (Å²) in [5.74, 6) is 1.86. The first-order chi connectivity index (χ1) is 26.0. The zero-order valence-electron chi connectivity index (χ0n) is 29.2. The molecule has 3 aromatic heterocycles. The Labute approximate surface area is 305 Å². The third-order valence-electron chi connectivity index (χ3n) is 11.0. The number of fused-ring (bicyclic) bond motifs is 10. The second kappa shape index (κ2) is 11.1. The lowest BCUT2D eigenvalue weighted by Crippen LogP contribution is -2.15. The summed E-state index contributed by atoms with van der Waals surface area (Å²) in [4.78, 5) is 15.3. The predicted octanol–water partition coefficient (Wildman–Crippen LogP) is 12.2. The number of hydrogen-bond donors (Lipinski definition) is 0. The Kier molecular flexibility index (Phi) is 6.23. The summed E-state index contributed by atoms with van der Waals surface area (Å²) in [6, 6.07) is 55.3. The molecule has 1 aliphatic rings. The van der Waals surface area contributed by atoms with Gasteiger partial charge in [0.1, 0.15) is 11.2 Å². The second-order valence-electron chi connectivity index (χ2n) is 14.4. The van der Waals surface area contributed by atoms with Gasteiger partial charge in [-0.1, -0.05) is 123 Å². The van der Waals surface area contributed by atoms with Crippen molar-refractivity contribution in [1.82, 2.24) is 19.5 Å². The van der Waals surface area contributed by atoms with Crippen molar-refractivity contribution in [2.24, 2.45) is 0 Å². The van der Waals surface area contributed by atoms with E-state index in [1.807, 2.05) is 60.7 Å². The standard InChI is InChI=1S/C48H32N4O/c1-48(2)38-20-9-6-17-33(38)35-24-25-40-43(44(35)48)36-19-7-10-21-39(36)52(40)32-16-12-15-30(27-32)46-49-45(29-13-4-3-5-14-29)50-47(51-46)31-23-26-42-37(28-31)34-18-8-11-22-41(34)53-42/h3-28H,1-2H3. The van der Waals surface area contributed by atoms with Gasteiger partial charge in [-0.25, -0.2) is 15.0 Å². The number of aromatic nitrogens is 4. The first-order valence-corrected chi connectivity index (χ1v) is 18.0. The smallest absolute Gasteiger partial charge is 0.164 e. The third kappa shape index (κ3) is 4.40. The van der Waals surface area contributed by atoms with Crippen LogP contribution in [0.15, 0.2) is 162 Å². The predicted molar refractivity (Wildman–Crippen MR) is 215 cm³/mol. The van der Waals surface area contributed by atoms with Gasteiger partial charge in [-0.3, -0.25) is 0 Å². The Morgan fingerprint density at radius 1 is 0.472 bits per heavy atom. The maximum absolute atomic E-state index is 6.14. The molecule has 0 saturated heterocycles. The van der Waals surface area contributed by atoms with Crippen molar-refractivity contribution in [3.8, 4) is 51.0 Å². The van der Waals surface area contributed by atoms with Crippen LogP contribution in [0.1, 0.15) is 25.0 Å². The van der Waals surface area contributed by atoms with Crippen molar-refractivity contribution >= 4 is 43.7 Å². The molecular weight excluding hydrogens is 649 g/mol. The molecule has 5 nitrogen and oxygen atoms in total. The van der Waals surface area contributed by atoms with Gasteiger partial charge in [-0.15, -0.1) is 0 Å². The minimum absolute atomic E-state index is 0.136. The fourth-order valence-electron chi connectivity index (χ4n) is 8.61. The summed E-state index contributed by atoms with van der Waals surface area (Å²) < 4.78 is 8.53. The fourth-order valence-corrected chi connectivity index (χ4v) is 8.61. The zero-order chi connectivity index (χ0) is 35.3. The minimum atomic E-state index is -0.136. The Balaban J connectivity index is 1.11. The lowest BCUT2D eigenvalue weighted by Gasteiger charge is -2.22. The van der Waals surface area contributed by atoms with Crippen LogP contribution >= 0.6 is 0 Å². The molecule has 1 aliphatic carbocycles. The molecule has 0 fully saturated rings. The molecule has 250 valence electrons. The molecule has 0 bridgehead atoms. The van der Waals surface area contributed by atoms with E-state index >= 15 is 0 Å². The molecule has 3 heterocycles. The maximum atomic E-state index is 6.14. The summed E-state index contributed by atoms with van der Waals surface area (Å²) in [6.45, 7) is 4.72. The molecule has 0 unspecified atom stereocenters. The second-order valence-corrected chi connectivity index (χ2v) is 14.4. The van der Waals surface area contributed by atoms with Crippen LogP contribution in [0.5, 0.6) is 0 Å². The van der Waals surface area contributed by atoms with Gasteiger partial charge in [0, 0.05) is 49.3 Å². The highest BCUT2D eigenvalue weighted by Crippen LogP contribution is 2.53. The summed E-state index contributed by atoms with van der Waals surface area (Å²) in [6.07, 6.45) is 0. The van der Waals surface area contributed by atoms with E-state index in [0.717, 1.165) is 44.3 Å². The van der Waals surface area contributed by atoms with Crippen molar-refractivity contribution in [2.75, 3.05) is 0 Å². The van der Waals surface area contributed by atoms with Gasteiger partial charge in [-0.05, 0) is 70.8 Å². The highest BCUT2D eigenvalue weighted by molar-refractivity contribution is 6.14. The van der Waals surface area contributed by atoms with Crippen molar-refractivity contribution in [1.29, 1.82) is 0 Å². The van der Waals surface area contributed by atoms with Gasteiger partial charge in [0.25, 0.3) is 0 Å². The number of para-hydroxylation sites is 2. The minimum Gasteiger partial charge on any atom is -0.456 e. The molecule has 10 aromatic rings. The van der Waals surface area contributed by atoms with E-state index in [1.165, 1.54) is 44.1 Å². The SMILES string of the molecule is CC1(C)c2ccccc2-c2ccc3c(c21)c1ccccc1n3-c1cccc(-c2nc(-c3ccccc3)nc(-c3ccc4oc5ccccc5c4c3)n2)c1. The Hall–Kier alpha value is -6.85. The molecule has 0 atom stereocenters. The number of hydrogen-bond acceptors (Lipinski definition) is 4. The topological polar surface area (TPSA) is 56.7 Å². The summed E-state index contributed by atoms with van der Waals surface area (Å²) in [7, 11) is 0. The molecule has 0 saturated carbocycles. The van der Waals surface area contributed by atoms with Gasteiger partial charge in [0.15, 0.2) is 17.5 Å². The Morgan fingerprint density at radius 3 is 1.98 bits per heavy atom. The molecule has 0 spiro atoms. The largest absolute Gasteiger partial charge is 0.456 e. The molecule has 11 rings (SSSR count). The van der Waals surface area contributed by atoms with E-state index in [9.17, 15) is 0 Å². The van der Waals surface area contributed by atoms with E-state index in [1.54, 1.807) is 0 Å². The maximum Gasteiger partial charge on any atom is 0.164 e. The van der Waals surface area contributed by atoms with Crippen LogP contribution in [0.3, 0.4) is 0 Å². The highest BCUT2D eigenvalue weighted by atomic mass is 16.3. The van der Waals surface area contributed by atoms with Gasteiger partial charge in [-0.2, -0.15) is 0 Å². The van der Waals surface area contributed by atoms with Crippen LogP contribution in [-0.2, 0) is 5.41 Å². The average Bonchev–Trinajstić information content (AvgIpc) is 3.83. The normalized spacial score (nSPS) is 13.2. The zero-order valence-corrected chi connectivity index (χ0v) is 29.2. The average molecular weight is 681 g/mol. The quantitative estimate of drug-likeness (QED) is 0.186. The summed E-state index contributed by atoms with van der Waals surface area (Å²) in [5.41, 5.74) is 13.1. The van der Waals surface area contributed by atoms with Crippen molar-refractivity contribution in [2.45, 2.75) is 19.3 Å². The van der Waals surface area contributed by atoms with Gasteiger partial charge in [0.05, 0.1) is 11.0 Å². The van der Waals surface area contributed by atoms with Crippen LogP contribution in [0.25, 0.3) is 94.7 Å². The van der Waals surface area contributed by atoms with Gasteiger partial charge >= 0.3 is 0 Å². The molecule has 5 heteroatoms. The summed E-state index contributed by atoms with van der Waals surface area (Å²) in [5, 5.41) is 4.66. The molecule has 53 heavy (non-hydrogen) atoms. The number of furan rings is 1. The molecular formula is C48H32N4O. The van der Waals surface area contributed by atoms with Crippen LogP contribution < -0.4 is 0 Å². The molecule has 0 aliphatic heterocycles. The van der Waals surface area contributed by atoms with Crippen LogP contribution in [0.2, 0.25) is 0 Å². The van der Waals surface area contributed by atoms with Crippen molar-refractivity contribution in [3.05, 3.63) is 169 Å². The first kappa shape index (κ1) is 29.8. The number of rotatable bonds is 4. The van der Waals surface area contributed by atoms with Crippen LogP contribution in [0, 0.1) is 0 Å². The van der Waals surface area contributed by atoms with Crippen molar-refractivity contribution in [3.63, 3.8) is 0 Å². The van der Waals surface area contributed by atoms with E-state index in [2.05, 4.69) is 115 Å². The molecule has 0 radical (unpaired) electrons. The number of benzene rings is 7. The third-order valence-corrected chi connectivity index (χ3v) is 11.0. The van der Waals surface area contributed by atoms with Crippen molar-refractivity contribution < 1.29 is 4.42 Å².